The predicted molar refractivity (Wildman–Crippen MR) is 54.7 cm³/mol. The van der Waals surface area contributed by atoms with E-state index < -0.39 is 12.0 Å². The fourth-order valence-corrected chi connectivity index (χ4v) is 1.34. The van der Waals surface area contributed by atoms with Crippen LogP contribution in [-0.4, -0.2) is 36.0 Å². The molecule has 7 nitrogen and oxygen atoms in total. The summed E-state index contributed by atoms with van der Waals surface area (Å²) in [6.07, 6.45) is 3.06. The first-order valence-corrected chi connectivity index (χ1v) is 5.10. The fraction of sp³-hybridized carbons (Fsp3) is 0.444. The van der Waals surface area contributed by atoms with Crippen LogP contribution in [0.3, 0.4) is 0 Å². The lowest BCUT2D eigenvalue weighted by Crippen LogP contribution is -2.23. The van der Waals surface area contributed by atoms with E-state index in [1.165, 1.54) is 12.4 Å². The molecular weight excluding hydrogens is 227 g/mol. The number of nitrogens with zero attached hydrogens (tertiary/aromatic N) is 6. The van der Waals surface area contributed by atoms with Crippen LogP contribution < -0.4 is 0 Å². The molecule has 2 rings (SSSR count). The van der Waals surface area contributed by atoms with Gasteiger partial charge in [-0.3, -0.25) is 0 Å². The molecule has 8 heteroatoms. The largest absolute Gasteiger partial charge is 0.374 e. The third-order valence-electron chi connectivity index (χ3n) is 2.08. The average molecular weight is 238 g/mol. The summed E-state index contributed by atoms with van der Waals surface area (Å²) in [5, 5.41) is 14.0. The van der Waals surface area contributed by atoms with Gasteiger partial charge in [0, 0.05) is 0 Å². The highest BCUT2D eigenvalue weighted by atomic mass is 19.1. The molecule has 0 atom stereocenters. The Bertz CT molecular complexity index is 518. The van der Waals surface area contributed by atoms with Crippen LogP contribution in [0.2, 0.25) is 0 Å². The normalized spacial score (nSPS) is 11.1. The van der Waals surface area contributed by atoms with Gasteiger partial charge in [-0.2, -0.15) is 9.07 Å². The Morgan fingerprint density at radius 3 is 2.82 bits per heavy atom. The lowest BCUT2D eigenvalue weighted by Gasteiger charge is -2.00. The molecule has 0 aromatic carbocycles. The minimum Gasteiger partial charge on any atom is -0.243 e. The van der Waals surface area contributed by atoms with Crippen molar-refractivity contribution >= 4 is 6.03 Å². The summed E-state index contributed by atoms with van der Waals surface area (Å²) in [5.74, 6) is -0.518. The summed E-state index contributed by atoms with van der Waals surface area (Å²) in [5.41, 5.74) is 0.175. The lowest BCUT2D eigenvalue weighted by atomic mass is 10.1. The van der Waals surface area contributed by atoms with E-state index >= 15 is 0 Å². The van der Waals surface area contributed by atoms with E-state index in [-0.39, 0.29) is 11.6 Å². The van der Waals surface area contributed by atoms with Crippen molar-refractivity contribution in [2.45, 2.75) is 20.3 Å². The van der Waals surface area contributed by atoms with Crippen molar-refractivity contribution in [3.63, 3.8) is 0 Å². The van der Waals surface area contributed by atoms with Crippen LogP contribution in [0.5, 0.6) is 0 Å². The number of carbonyl (C=O) groups excluding carboxylic acids is 1. The average Bonchev–Trinajstić information content (AvgIpc) is 2.88. The van der Waals surface area contributed by atoms with Gasteiger partial charge >= 0.3 is 6.03 Å². The first kappa shape index (κ1) is 11.4. The van der Waals surface area contributed by atoms with E-state index in [1.54, 1.807) is 0 Å². The minimum atomic E-state index is -0.751. The second-order valence-electron chi connectivity index (χ2n) is 3.97. The molecule has 0 saturated carbocycles. The van der Waals surface area contributed by atoms with Gasteiger partial charge in [-0.05, 0) is 12.3 Å². The number of rotatable bonds is 2. The summed E-state index contributed by atoms with van der Waals surface area (Å²) in [4.78, 5) is 11.7. The number of hydrogen-bond donors (Lipinski definition) is 0. The van der Waals surface area contributed by atoms with Gasteiger partial charge in [0.1, 0.15) is 5.69 Å². The van der Waals surface area contributed by atoms with Crippen molar-refractivity contribution in [3.05, 3.63) is 24.0 Å². The van der Waals surface area contributed by atoms with Gasteiger partial charge in [0.05, 0.1) is 12.4 Å². The van der Waals surface area contributed by atoms with Crippen LogP contribution >= 0.6 is 0 Å². The zero-order valence-corrected chi connectivity index (χ0v) is 9.41. The number of halogens is 1. The van der Waals surface area contributed by atoms with Crippen molar-refractivity contribution in [2.24, 2.45) is 5.92 Å². The van der Waals surface area contributed by atoms with Gasteiger partial charge in [-0.25, -0.2) is 4.79 Å². The SMILES string of the molecule is CC(C)Cc1nnn(C(=O)n2ccnn2)c1F. The molecular formula is C9H11FN6O. The maximum Gasteiger partial charge on any atom is 0.374 e. The highest BCUT2D eigenvalue weighted by molar-refractivity contribution is 5.77. The van der Waals surface area contributed by atoms with E-state index in [4.69, 9.17) is 0 Å². The van der Waals surface area contributed by atoms with Gasteiger partial charge in [0.15, 0.2) is 0 Å². The molecule has 2 heterocycles. The van der Waals surface area contributed by atoms with Crippen LogP contribution in [0.15, 0.2) is 12.4 Å². The first-order chi connectivity index (χ1) is 8.09. The Hall–Kier alpha value is -2.12. The highest BCUT2D eigenvalue weighted by Gasteiger charge is 2.20. The van der Waals surface area contributed by atoms with Gasteiger partial charge in [-0.15, -0.1) is 14.9 Å². The first-order valence-electron chi connectivity index (χ1n) is 5.10. The van der Waals surface area contributed by atoms with Crippen LogP contribution in [0.4, 0.5) is 9.18 Å². The van der Waals surface area contributed by atoms with E-state index in [1.807, 2.05) is 13.8 Å². The second-order valence-corrected chi connectivity index (χ2v) is 3.97. The van der Waals surface area contributed by atoms with Crippen LogP contribution in [0.25, 0.3) is 0 Å². The molecule has 0 spiro atoms. The monoisotopic (exact) mass is 238 g/mol. The zero-order valence-electron chi connectivity index (χ0n) is 9.41. The third kappa shape index (κ3) is 2.19. The van der Waals surface area contributed by atoms with E-state index in [0.717, 1.165) is 4.68 Å². The van der Waals surface area contributed by atoms with Crippen LogP contribution in [0, 0.1) is 11.9 Å². The van der Waals surface area contributed by atoms with E-state index in [9.17, 15) is 9.18 Å². The molecule has 0 amide bonds. The van der Waals surface area contributed by atoms with Crippen LogP contribution in [0.1, 0.15) is 19.5 Å². The summed E-state index contributed by atoms with van der Waals surface area (Å²) < 4.78 is 15.3. The van der Waals surface area contributed by atoms with Crippen molar-refractivity contribution in [1.29, 1.82) is 0 Å². The highest BCUT2D eigenvalue weighted by Crippen LogP contribution is 2.09. The molecule has 17 heavy (non-hydrogen) atoms. The van der Waals surface area contributed by atoms with E-state index in [0.29, 0.717) is 11.1 Å². The Morgan fingerprint density at radius 2 is 2.24 bits per heavy atom. The smallest absolute Gasteiger partial charge is 0.243 e. The number of hydrogen-bond acceptors (Lipinski definition) is 5. The third-order valence-corrected chi connectivity index (χ3v) is 2.08. The molecule has 2 aromatic rings. The van der Waals surface area contributed by atoms with Gasteiger partial charge in [-0.1, -0.05) is 24.3 Å². The molecule has 0 N–H and O–H groups in total. The molecule has 0 aliphatic carbocycles. The quantitative estimate of drug-likeness (QED) is 0.770. The molecule has 0 aliphatic rings. The summed E-state index contributed by atoms with van der Waals surface area (Å²) >= 11 is 0. The van der Waals surface area contributed by atoms with Crippen molar-refractivity contribution < 1.29 is 9.18 Å². The van der Waals surface area contributed by atoms with E-state index in [2.05, 4.69) is 20.6 Å². The van der Waals surface area contributed by atoms with Crippen molar-refractivity contribution in [1.82, 2.24) is 30.0 Å². The number of aromatic nitrogens is 6. The maximum absolute atomic E-state index is 13.8. The summed E-state index contributed by atoms with van der Waals surface area (Å²) in [6, 6.07) is -0.748. The predicted octanol–water partition coefficient (Wildman–Crippen LogP) is 0.724. The molecule has 0 fully saturated rings. The number of carbonyl (C=O) groups is 1. The topological polar surface area (TPSA) is 78.5 Å². The van der Waals surface area contributed by atoms with Crippen LogP contribution in [-0.2, 0) is 6.42 Å². The standard InChI is InChI=1S/C9H11FN6O/c1-6(2)5-7-8(10)16(14-12-7)9(17)15-4-3-11-13-15/h3-4,6H,5H2,1-2H3. The fourth-order valence-electron chi connectivity index (χ4n) is 1.34. The minimum absolute atomic E-state index is 0.175. The second kappa shape index (κ2) is 4.40. The Balaban J connectivity index is 2.28. The molecule has 2 aromatic heterocycles. The summed E-state index contributed by atoms with van der Waals surface area (Å²) in [7, 11) is 0. The van der Waals surface area contributed by atoms with Gasteiger partial charge in [0.2, 0.25) is 5.95 Å². The molecule has 0 unspecified atom stereocenters. The molecule has 0 saturated heterocycles. The lowest BCUT2D eigenvalue weighted by molar-refractivity contribution is 0.233. The molecule has 0 aliphatic heterocycles. The molecule has 0 bridgehead atoms. The Morgan fingerprint density at radius 1 is 1.47 bits per heavy atom. The zero-order chi connectivity index (χ0) is 12.4. The van der Waals surface area contributed by atoms with Gasteiger partial charge < -0.3 is 0 Å². The molecule has 0 radical (unpaired) electrons. The Kier molecular flexibility index (Phi) is 2.94. The van der Waals surface area contributed by atoms with Crippen molar-refractivity contribution in [3.8, 4) is 0 Å². The maximum atomic E-state index is 13.8. The van der Waals surface area contributed by atoms with Crippen molar-refractivity contribution in [2.75, 3.05) is 0 Å². The summed E-state index contributed by atoms with van der Waals surface area (Å²) in [6.45, 7) is 3.86. The Labute approximate surface area is 96.2 Å². The molecule has 90 valence electrons. The van der Waals surface area contributed by atoms with Gasteiger partial charge in [0.25, 0.3) is 0 Å².